The molecule has 0 unspecified atom stereocenters. The Morgan fingerprint density at radius 2 is 1.68 bits per heavy atom. The van der Waals surface area contributed by atoms with E-state index in [0.29, 0.717) is 5.15 Å². The van der Waals surface area contributed by atoms with Crippen molar-refractivity contribution in [2.24, 2.45) is 0 Å². The van der Waals surface area contributed by atoms with Crippen LogP contribution in [0.1, 0.15) is 11.3 Å². The quantitative estimate of drug-likeness (QED) is 0.604. The van der Waals surface area contributed by atoms with Gasteiger partial charge in [0.15, 0.2) is 0 Å². The van der Waals surface area contributed by atoms with Gasteiger partial charge < -0.3 is 0 Å². The maximum atomic E-state index is 6.32. The topological polar surface area (TPSA) is 25.8 Å². The zero-order valence-electron chi connectivity index (χ0n) is 10.8. The Kier molecular flexibility index (Phi) is 2.96. The molecule has 94 valence electrons. The number of rotatable bonds is 1. The number of benzene rings is 1. The zero-order chi connectivity index (χ0) is 13.4. The van der Waals surface area contributed by atoms with Gasteiger partial charge in [-0.05, 0) is 31.5 Å². The van der Waals surface area contributed by atoms with Crippen LogP contribution < -0.4 is 0 Å². The monoisotopic (exact) mass is 268 g/mol. The third kappa shape index (κ3) is 2.20. The number of nitrogens with zero attached hydrogens (tertiary/aromatic N) is 2. The molecule has 0 radical (unpaired) electrons. The van der Waals surface area contributed by atoms with Crippen LogP contribution in [0.25, 0.3) is 22.2 Å². The van der Waals surface area contributed by atoms with Crippen molar-refractivity contribution >= 4 is 22.5 Å². The molecular weight excluding hydrogens is 256 g/mol. The maximum absolute atomic E-state index is 6.32. The fourth-order valence-corrected chi connectivity index (χ4v) is 2.66. The summed E-state index contributed by atoms with van der Waals surface area (Å²) in [7, 11) is 0. The van der Waals surface area contributed by atoms with Gasteiger partial charge in [0.25, 0.3) is 0 Å². The Morgan fingerprint density at radius 1 is 0.947 bits per heavy atom. The Labute approximate surface area is 117 Å². The third-order valence-corrected chi connectivity index (χ3v) is 3.41. The molecule has 3 aromatic rings. The van der Waals surface area contributed by atoms with Crippen LogP contribution in [0.15, 0.2) is 42.5 Å². The van der Waals surface area contributed by atoms with Gasteiger partial charge in [0.2, 0.25) is 0 Å². The van der Waals surface area contributed by atoms with Crippen molar-refractivity contribution in [1.29, 1.82) is 0 Å². The normalized spacial score (nSPS) is 10.9. The summed E-state index contributed by atoms with van der Waals surface area (Å²) >= 11 is 6.32. The van der Waals surface area contributed by atoms with E-state index in [0.717, 1.165) is 33.4 Å². The van der Waals surface area contributed by atoms with Crippen LogP contribution in [0, 0.1) is 13.8 Å². The lowest BCUT2D eigenvalue weighted by molar-refractivity contribution is 1.22. The second-order valence-corrected chi connectivity index (χ2v) is 5.00. The molecule has 0 amide bonds. The van der Waals surface area contributed by atoms with E-state index in [1.165, 1.54) is 0 Å². The molecule has 3 rings (SSSR count). The lowest BCUT2D eigenvalue weighted by Crippen LogP contribution is -1.92. The molecule has 19 heavy (non-hydrogen) atoms. The van der Waals surface area contributed by atoms with E-state index in [9.17, 15) is 0 Å². The molecule has 0 aliphatic heterocycles. The van der Waals surface area contributed by atoms with Gasteiger partial charge in [-0.15, -0.1) is 0 Å². The summed E-state index contributed by atoms with van der Waals surface area (Å²) in [5.41, 5.74) is 4.91. The summed E-state index contributed by atoms with van der Waals surface area (Å²) in [5, 5.41) is 1.45. The second-order valence-electron chi connectivity index (χ2n) is 4.64. The van der Waals surface area contributed by atoms with Crippen LogP contribution in [-0.2, 0) is 0 Å². The highest BCUT2D eigenvalue weighted by Gasteiger charge is 2.09. The van der Waals surface area contributed by atoms with Crippen LogP contribution in [0.5, 0.6) is 0 Å². The van der Waals surface area contributed by atoms with Crippen molar-refractivity contribution in [3.05, 3.63) is 58.9 Å². The SMILES string of the molecule is Cc1cc(C)c2c(Cl)nc(-c3ccccc3)cc2n1. The Hall–Kier alpha value is -1.93. The van der Waals surface area contributed by atoms with Crippen LogP contribution in [0.3, 0.4) is 0 Å². The number of pyridine rings is 2. The molecule has 1 aromatic carbocycles. The zero-order valence-corrected chi connectivity index (χ0v) is 11.6. The third-order valence-electron chi connectivity index (χ3n) is 3.14. The first-order chi connectivity index (χ1) is 9.15. The van der Waals surface area contributed by atoms with Crippen molar-refractivity contribution in [2.75, 3.05) is 0 Å². The Balaban J connectivity index is 2.31. The molecule has 0 aliphatic rings. The minimum absolute atomic E-state index is 0.515. The minimum atomic E-state index is 0.515. The highest BCUT2D eigenvalue weighted by atomic mass is 35.5. The molecule has 0 N–H and O–H groups in total. The Bertz CT molecular complexity index is 752. The van der Waals surface area contributed by atoms with Crippen molar-refractivity contribution in [2.45, 2.75) is 13.8 Å². The summed E-state index contributed by atoms with van der Waals surface area (Å²) < 4.78 is 0. The molecule has 2 heterocycles. The lowest BCUT2D eigenvalue weighted by Gasteiger charge is -2.08. The van der Waals surface area contributed by atoms with Crippen molar-refractivity contribution in [1.82, 2.24) is 9.97 Å². The first kappa shape index (κ1) is 12.1. The van der Waals surface area contributed by atoms with Crippen LogP contribution >= 0.6 is 11.6 Å². The summed E-state index contributed by atoms with van der Waals surface area (Å²) in [4.78, 5) is 9.05. The average molecular weight is 269 g/mol. The van der Waals surface area contributed by atoms with Gasteiger partial charge in [0, 0.05) is 16.6 Å². The van der Waals surface area contributed by atoms with E-state index in [1.54, 1.807) is 0 Å². The molecule has 0 saturated carbocycles. The van der Waals surface area contributed by atoms with E-state index >= 15 is 0 Å². The van der Waals surface area contributed by atoms with E-state index in [2.05, 4.69) is 9.97 Å². The van der Waals surface area contributed by atoms with Gasteiger partial charge in [-0.25, -0.2) is 4.98 Å². The van der Waals surface area contributed by atoms with E-state index in [-0.39, 0.29) is 0 Å². The van der Waals surface area contributed by atoms with Gasteiger partial charge in [-0.1, -0.05) is 41.9 Å². The smallest absolute Gasteiger partial charge is 0.139 e. The first-order valence-electron chi connectivity index (χ1n) is 6.15. The highest BCUT2D eigenvalue weighted by Crippen LogP contribution is 2.29. The Morgan fingerprint density at radius 3 is 2.42 bits per heavy atom. The van der Waals surface area contributed by atoms with Crippen molar-refractivity contribution < 1.29 is 0 Å². The van der Waals surface area contributed by atoms with Crippen LogP contribution in [0.4, 0.5) is 0 Å². The molecule has 0 fully saturated rings. The van der Waals surface area contributed by atoms with Crippen molar-refractivity contribution in [3.8, 4) is 11.3 Å². The second kappa shape index (κ2) is 4.63. The predicted octanol–water partition coefficient (Wildman–Crippen LogP) is 4.57. The van der Waals surface area contributed by atoms with Gasteiger partial charge in [-0.3, -0.25) is 4.98 Å². The summed E-state index contributed by atoms with van der Waals surface area (Å²) in [5.74, 6) is 0. The fourth-order valence-electron chi connectivity index (χ4n) is 2.32. The molecule has 0 aliphatic carbocycles. The van der Waals surface area contributed by atoms with Gasteiger partial charge >= 0.3 is 0 Å². The molecule has 0 spiro atoms. The number of hydrogen-bond donors (Lipinski definition) is 0. The first-order valence-corrected chi connectivity index (χ1v) is 6.53. The summed E-state index contributed by atoms with van der Waals surface area (Å²) in [6.07, 6.45) is 0. The number of fused-ring (bicyclic) bond motifs is 1. The highest BCUT2D eigenvalue weighted by molar-refractivity contribution is 6.34. The molecule has 0 saturated heterocycles. The van der Waals surface area contributed by atoms with E-state index < -0.39 is 0 Å². The number of halogens is 1. The van der Waals surface area contributed by atoms with Gasteiger partial charge in [0.1, 0.15) is 5.15 Å². The molecule has 2 nitrogen and oxygen atoms in total. The number of aromatic nitrogens is 2. The molecule has 3 heteroatoms. The average Bonchev–Trinajstić information content (AvgIpc) is 2.38. The van der Waals surface area contributed by atoms with E-state index in [4.69, 9.17) is 11.6 Å². The fraction of sp³-hybridized carbons (Fsp3) is 0.125. The molecule has 0 atom stereocenters. The number of hydrogen-bond acceptors (Lipinski definition) is 2. The van der Waals surface area contributed by atoms with Gasteiger partial charge in [0.05, 0.1) is 11.2 Å². The van der Waals surface area contributed by atoms with E-state index in [1.807, 2.05) is 56.3 Å². The molecule has 0 bridgehead atoms. The summed E-state index contributed by atoms with van der Waals surface area (Å²) in [6, 6.07) is 14.0. The van der Waals surface area contributed by atoms with Gasteiger partial charge in [-0.2, -0.15) is 0 Å². The van der Waals surface area contributed by atoms with Crippen LogP contribution in [-0.4, -0.2) is 9.97 Å². The molecular formula is C16H13ClN2. The predicted molar refractivity (Wildman–Crippen MR) is 79.5 cm³/mol. The summed E-state index contributed by atoms with van der Waals surface area (Å²) in [6.45, 7) is 4.02. The van der Waals surface area contributed by atoms with Crippen molar-refractivity contribution in [3.63, 3.8) is 0 Å². The lowest BCUT2D eigenvalue weighted by atomic mass is 10.1. The maximum Gasteiger partial charge on any atom is 0.139 e. The standard InChI is InChI=1S/C16H13ClN2/c1-10-8-11(2)18-14-9-13(19-16(17)15(10)14)12-6-4-3-5-7-12/h3-9H,1-2H3. The largest absolute Gasteiger partial charge is 0.253 e. The minimum Gasteiger partial charge on any atom is -0.253 e. The molecule has 2 aromatic heterocycles. The van der Waals surface area contributed by atoms with Crippen LogP contribution in [0.2, 0.25) is 5.15 Å². The number of aryl methyl sites for hydroxylation is 2.